The molecule has 7 nitrogen and oxygen atoms in total. The van der Waals surface area contributed by atoms with Crippen molar-refractivity contribution in [3.8, 4) is 5.88 Å². The van der Waals surface area contributed by atoms with E-state index in [0.717, 1.165) is 5.69 Å². The van der Waals surface area contributed by atoms with Gasteiger partial charge in [-0.3, -0.25) is 0 Å². The Morgan fingerprint density at radius 2 is 2.18 bits per heavy atom. The Balaban J connectivity index is 2.64. The fourth-order valence-electron chi connectivity index (χ4n) is 1.15. The molecule has 0 atom stereocenters. The molecule has 0 radical (unpaired) electrons. The van der Waals surface area contributed by atoms with Crippen molar-refractivity contribution in [1.82, 2.24) is 9.97 Å². The minimum Gasteiger partial charge on any atom is -0.478 e. The molecular weight excluding hydrogens is 244 g/mol. The largest absolute Gasteiger partial charge is 0.478 e. The molecule has 1 aromatic heterocycles. The van der Waals surface area contributed by atoms with Gasteiger partial charge in [-0.2, -0.15) is 4.98 Å². The highest BCUT2D eigenvalue weighted by Gasteiger charge is 2.05. The maximum absolute atomic E-state index is 10.7. The van der Waals surface area contributed by atoms with Crippen molar-refractivity contribution in [3.05, 3.63) is 11.8 Å². The predicted molar refractivity (Wildman–Crippen MR) is 64.4 cm³/mol. The van der Waals surface area contributed by atoms with Crippen LogP contribution in [-0.2, 0) is 10.0 Å². The molecule has 17 heavy (non-hydrogen) atoms. The number of sulfonamides is 1. The third-order valence-electron chi connectivity index (χ3n) is 1.79. The standard InChI is InChI=1S/C9H16N4O3S/c1-3-16-8-6-7(2)12-9(13-8)11-4-5-17(10,14)15/h6H,3-5H2,1-2H3,(H2,10,14,15)(H,11,12,13). The molecule has 0 saturated heterocycles. The average molecular weight is 260 g/mol. The molecule has 0 amide bonds. The number of hydrogen-bond donors (Lipinski definition) is 2. The molecule has 0 bridgehead atoms. The Morgan fingerprint density at radius 3 is 2.76 bits per heavy atom. The zero-order chi connectivity index (χ0) is 12.9. The van der Waals surface area contributed by atoms with Gasteiger partial charge in [0.2, 0.25) is 21.9 Å². The number of aryl methyl sites for hydroxylation is 1. The van der Waals surface area contributed by atoms with Crippen LogP contribution in [0.15, 0.2) is 6.07 Å². The molecule has 0 aromatic carbocycles. The van der Waals surface area contributed by atoms with Crippen molar-refractivity contribution < 1.29 is 13.2 Å². The van der Waals surface area contributed by atoms with Gasteiger partial charge in [-0.05, 0) is 13.8 Å². The van der Waals surface area contributed by atoms with Gasteiger partial charge in [-0.25, -0.2) is 18.5 Å². The van der Waals surface area contributed by atoms with E-state index in [9.17, 15) is 8.42 Å². The number of nitrogens with zero attached hydrogens (tertiary/aromatic N) is 2. The quantitative estimate of drug-likeness (QED) is 0.738. The van der Waals surface area contributed by atoms with Crippen LogP contribution in [0.3, 0.4) is 0 Å². The smallest absolute Gasteiger partial charge is 0.226 e. The van der Waals surface area contributed by atoms with Gasteiger partial charge < -0.3 is 10.1 Å². The molecule has 0 aliphatic heterocycles. The van der Waals surface area contributed by atoms with Crippen LogP contribution in [0.2, 0.25) is 0 Å². The van der Waals surface area contributed by atoms with E-state index in [2.05, 4.69) is 15.3 Å². The summed E-state index contributed by atoms with van der Waals surface area (Å²) >= 11 is 0. The lowest BCUT2D eigenvalue weighted by Gasteiger charge is -2.07. The molecule has 1 heterocycles. The van der Waals surface area contributed by atoms with E-state index < -0.39 is 10.0 Å². The molecule has 1 aromatic rings. The number of rotatable bonds is 6. The first-order chi connectivity index (χ1) is 7.90. The molecule has 0 spiro atoms. The minimum atomic E-state index is -3.47. The maximum Gasteiger partial charge on any atom is 0.226 e. The van der Waals surface area contributed by atoms with E-state index in [1.54, 1.807) is 13.0 Å². The summed E-state index contributed by atoms with van der Waals surface area (Å²) in [7, 11) is -3.47. The molecule has 0 fully saturated rings. The van der Waals surface area contributed by atoms with Gasteiger partial charge in [0, 0.05) is 18.3 Å². The fourth-order valence-corrected chi connectivity index (χ4v) is 1.53. The first-order valence-electron chi connectivity index (χ1n) is 5.13. The summed E-state index contributed by atoms with van der Waals surface area (Å²) in [4.78, 5) is 8.16. The first-order valence-corrected chi connectivity index (χ1v) is 6.85. The van der Waals surface area contributed by atoms with Crippen molar-refractivity contribution >= 4 is 16.0 Å². The van der Waals surface area contributed by atoms with Gasteiger partial charge in [0.15, 0.2) is 0 Å². The van der Waals surface area contributed by atoms with Gasteiger partial charge in [0.25, 0.3) is 0 Å². The van der Waals surface area contributed by atoms with Crippen LogP contribution in [0.1, 0.15) is 12.6 Å². The van der Waals surface area contributed by atoms with Crippen LogP contribution in [-0.4, -0.2) is 37.3 Å². The van der Waals surface area contributed by atoms with E-state index in [4.69, 9.17) is 9.88 Å². The van der Waals surface area contributed by atoms with E-state index in [1.807, 2.05) is 6.92 Å². The summed E-state index contributed by atoms with van der Waals surface area (Å²) in [6.07, 6.45) is 0. The fraction of sp³-hybridized carbons (Fsp3) is 0.556. The van der Waals surface area contributed by atoms with E-state index >= 15 is 0 Å². The molecule has 96 valence electrons. The van der Waals surface area contributed by atoms with Crippen molar-refractivity contribution in [2.75, 3.05) is 24.2 Å². The van der Waals surface area contributed by atoms with Gasteiger partial charge >= 0.3 is 0 Å². The Morgan fingerprint density at radius 1 is 1.47 bits per heavy atom. The number of aromatic nitrogens is 2. The van der Waals surface area contributed by atoms with Crippen LogP contribution >= 0.6 is 0 Å². The highest BCUT2D eigenvalue weighted by Crippen LogP contribution is 2.11. The second kappa shape index (κ2) is 5.78. The van der Waals surface area contributed by atoms with Crippen LogP contribution in [0.5, 0.6) is 5.88 Å². The molecule has 8 heteroatoms. The van der Waals surface area contributed by atoms with E-state index in [0.29, 0.717) is 18.4 Å². The maximum atomic E-state index is 10.7. The second-order valence-corrected chi connectivity index (χ2v) is 5.13. The lowest BCUT2D eigenvalue weighted by molar-refractivity contribution is 0.326. The topological polar surface area (TPSA) is 107 Å². The summed E-state index contributed by atoms with van der Waals surface area (Å²) in [5, 5.41) is 7.65. The zero-order valence-corrected chi connectivity index (χ0v) is 10.6. The average Bonchev–Trinajstić information content (AvgIpc) is 2.15. The highest BCUT2D eigenvalue weighted by molar-refractivity contribution is 7.89. The molecule has 1 rings (SSSR count). The van der Waals surface area contributed by atoms with Crippen molar-refractivity contribution in [3.63, 3.8) is 0 Å². The Hall–Kier alpha value is -1.41. The molecule has 3 N–H and O–H groups in total. The monoisotopic (exact) mass is 260 g/mol. The van der Waals surface area contributed by atoms with Crippen LogP contribution in [0.4, 0.5) is 5.95 Å². The lowest BCUT2D eigenvalue weighted by Crippen LogP contribution is -2.23. The SMILES string of the molecule is CCOc1cc(C)nc(NCCS(N)(=O)=O)n1. The van der Waals surface area contributed by atoms with Crippen LogP contribution < -0.4 is 15.2 Å². The normalized spacial score (nSPS) is 11.2. The molecule has 0 aliphatic rings. The van der Waals surface area contributed by atoms with E-state index in [-0.39, 0.29) is 12.3 Å². The number of nitrogens with two attached hydrogens (primary N) is 1. The van der Waals surface area contributed by atoms with Crippen LogP contribution in [0.25, 0.3) is 0 Å². The predicted octanol–water partition coefficient (Wildman–Crippen LogP) is -0.116. The Bertz CT molecular complexity index is 475. The highest BCUT2D eigenvalue weighted by atomic mass is 32.2. The summed E-state index contributed by atoms with van der Waals surface area (Å²) in [6, 6.07) is 1.70. The number of primary sulfonamides is 1. The van der Waals surface area contributed by atoms with Gasteiger partial charge in [-0.15, -0.1) is 0 Å². The minimum absolute atomic E-state index is 0.161. The van der Waals surface area contributed by atoms with Gasteiger partial charge in [0.05, 0.1) is 12.4 Å². The van der Waals surface area contributed by atoms with Crippen molar-refractivity contribution in [1.29, 1.82) is 0 Å². The van der Waals surface area contributed by atoms with E-state index in [1.165, 1.54) is 0 Å². The van der Waals surface area contributed by atoms with Crippen molar-refractivity contribution in [2.45, 2.75) is 13.8 Å². The molecular formula is C9H16N4O3S. The first kappa shape index (κ1) is 13.7. The lowest BCUT2D eigenvalue weighted by atomic mass is 10.4. The van der Waals surface area contributed by atoms with Crippen molar-refractivity contribution in [2.24, 2.45) is 5.14 Å². The molecule has 0 saturated carbocycles. The third kappa shape index (κ3) is 5.45. The number of ether oxygens (including phenoxy) is 1. The second-order valence-electron chi connectivity index (χ2n) is 3.40. The number of anilines is 1. The number of nitrogens with one attached hydrogen (secondary N) is 1. The summed E-state index contributed by atoms with van der Waals surface area (Å²) in [6.45, 7) is 4.32. The van der Waals surface area contributed by atoms with Gasteiger partial charge in [0.1, 0.15) is 0 Å². The third-order valence-corrected chi connectivity index (χ3v) is 2.57. The molecule has 0 aliphatic carbocycles. The van der Waals surface area contributed by atoms with Crippen LogP contribution in [0, 0.1) is 6.92 Å². The van der Waals surface area contributed by atoms with Gasteiger partial charge in [-0.1, -0.05) is 0 Å². The Kier molecular flexibility index (Phi) is 4.64. The summed E-state index contributed by atoms with van der Waals surface area (Å²) in [5.41, 5.74) is 0.738. The molecule has 0 unspecified atom stereocenters. The Labute approximate surface area is 100 Å². The zero-order valence-electron chi connectivity index (χ0n) is 9.80. The summed E-state index contributed by atoms with van der Waals surface area (Å²) < 4.78 is 26.7. The number of hydrogen-bond acceptors (Lipinski definition) is 6. The summed E-state index contributed by atoms with van der Waals surface area (Å²) in [5.74, 6) is 0.615.